The molecule has 2 aromatic carbocycles. The standard InChI is InChI=1S/C17H15F2N3O2S/c1-12(13-2-5-15(6-3-13)22-9-8-20-11-22)21-25(23,24)17-10-14(18)4-7-16(17)19/h2-12,21H,1H3. The van der Waals surface area contributed by atoms with Crippen LogP contribution in [0.1, 0.15) is 18.5 Å². The highest BCUT2D eigenvalue weighted by molar-refractivity contribution is 7.89. The van der Waals surface area contributed by atoms with Crippen molar-refractivity contribution >= 4 is 10.0 Å². The van der Waals surface area contributed by atoms with Crippen LogP contribution in [-0.4, -0.2) is 18.0 Å². The van der Waals surface area contributed by atoms with Crippen LogP contribution in [0.15, 0.2) is 66.1 Å². The van der Waals surface area contributed by atoms with Crippen LogP contribution in [0.5, 0.6) is 0 Å². The summed E-state index contributed by atoms with van der Waals surface area (Å²) in [5, 5.41) is 0. The van der Waals surface area contributed by atoms with E-state index in [4.69, 9.17) is 0 Å². The van der Waals surface area contributed by atoms with Crippen molar-refractivity contribution in [2.24, 2.45) is 0 Å². The molecule has 0 spiro atoms. The number of imidazole rings is 1. The van der Waals surface area contributed by atoms with Gasteiger partial charge in [-0.05, 0) is 42.8 Å². The van der Waals surface area contributed by atoms with Crippen LogP contribution in [0.25, 0.3) is 5.69 Å². The Labute approximate surface area is 144 Å². The van der Waals surface area contributed by atoms with Gasteiger partial charge in [-0.3, -0.25) is 0 Å². The van der Waals surface area contributed by atoms with Gasteiger partial charge in [0.25, 0.3) is 0 Å². The molecule has 0 fully saturated rings. The van der Waals surface area contributed by atoms with Crippen molar-refractivity contribution in [1.29, 1.82) is 0 Å². The highest BCUT2D eigenvalue weighted by atomic mass is 32.2. The third-order valence-corrected chi connectivity index (χ3v) is 5.27. The van der Waals surface area contributed by atoms with Crippen molar-refractivity contribution < 1.29 is 17.2 Å². The fourth-order valence-electron chi connectivity index (χ4n) is 2.39. The molecule has 1 N–H and O–H groups in total. The monoisotopic (exact) mass is 363 g/mol. The topological polar surface area (TPSA) is 64.0 Å². The van der Waals surface area contributed by atoms with E-state index in [1.165, 1.54) is 0 Å². The van der Waals surface area contributed by atoms with E-state index >= 15 is 0 Å². The average molecular weight is 363 g/mol. The molecule has 0 aliphatic rings. The van der Waals surface area contributed by atoms with Gasteiger partial charge < -0.3 is 4.57 Å². The van der Waals surface area contributed by atoms with Gasteiger partial charge in [-0.1, -0.05) is 12.1 Å². The fourth-order valence-corrected chi connectivity index (χ4v) is 3.72. The second kappa shape index (κ2) is 6.73. The van der Waals surface area contributed by atoms with E-state index in [1.54, 1.807) is 42.3 Å². The molecule has 1 atom stereocenters. The van der Waals surface area contributed by atoms with Gasteiger partial charge in [0.2, 0.25) is 10.0 Å². The second-order valence-corrected chi connectivity index (χ2v) is 7.16. The Hall–Kier alpha value is -2.58. The summed E-state index contributed by atoms with van der Waals surface area (Å²) in [6.07, 6.45) is 5.08. The van der Waals surface area contributed by atoms with Crippen molar-refractivity contribution in [2.75, 3.05) is 0 Å². The average Bonchev–Trinajstić information content (AvgIpc) is 3.11. The maximum absolute atomic E-state index is 13.7. The van der Waals surface area contributed by atoms with E-state index in [1.807, 2.05) is 12.1 Å². The Balaban J connectivity index is 1.81. The predicted molar refractivity (Wildman–Crippen MR) is 88.7 cm³/mol. The maximum Gasteiger partial charge on any atom is 0.244 e. The van der Waals surface area contributed by atoms with Crippen LogP contribution < -0.4 is 4.72 Å². The summed E-state index contributed by atoms with van der Waals surface area (Å²) in [6, 6.07) is 8.82. The molecule has 0 bridgehead atoms. The molecule has 25 heavy (non-hydrogen) atoms. The summed E-state index contributed by atoms with van der Waals surface area (Å²) in [4.78, 5) is 3.25. The minimum Gasteiger partial charge on any atom is -0.306 e. The molecule has 0 saturated heterocycles. The van der Waals surface area contributed by atoms with Gasteiger partial charge in [0.15, 0.2) is 0 Å². The number of hydrogen-bond donors (Lipinski definition) is 1. The van der Waals surface area contributed by atoms with E-state index in [0.717, 1.165) is 17.8 Å². The van der Waals surface area contributed by atoms with Crippen LogP contribution in [0.4, 0.5) is 8.78 Å². The Morgan fingerprint density at radius 1 is 1.12 bits per heavy atom. The molecule has 1 aromatic heterocycles. The summed E-state index contributed by atoms with van der Waals surface area (Å²) in [6.45, 7) is 1.63. The predicted octanol–water partition coefficient (Wildman–Crippen LogP) is 3.19. The third-order valence-electron chi connectivity index (χ3n) is 3.71. The first kappa shape index (κ1) is 17.2. The lowest BCUT2D eigenvalue weighted by Crippen LogP contribution is -2.27. The summed E-state index contributed by atoms with van der Waals surface area (Å²) in [5.41, 5.74) is 1.55. The third kappa shape index (κ3) is 3.75. The number of rotatable bonds is 5. The molecule has 8 heteroatoms. The fraction of sp³-hybridized carbons (Fsp3) is 0.118. The zero-order valence-corrected chi connectivity index (χ0v) is 14.0. The first-order valence-corrected chi connectivity index (χ1v) is 8.91. The molecule has 1 unspecified atom stereocenters. The van der Waals surface area contributed by atoms with Crippen LogP contribution in [0.2, 0.25) is 0 Å². The van der Waals surface area contributed by atoms with Crippen molar-refractivity contribution in [3.63, 3.8) is 0 Å². The minimum absolute atomic E-state index is 0.621. The van der Waals surface area contributed by atoms with Gasteiger partial charge in [-0.15, -0.1) is 0 Å². The smallest absolute Gasteiger partial charge is 0.244 e. The zero-order chi connectivity index (χ0) is 18.0. The quantitative estimate of drug-likeness (QED) is 0.757. The molecule has 3 rings (SSSR count). The van der Waals surface area contributed by atoms with Crippen molar-refractivity contribution in [2.45, 2.75) is 17.9 Å². The lowest BCUT2D eigenvalue weighted by molar-refractivity contribution is 0.538. The number of halogens is 2. The van der Waals surface area contributed by atoms with Gasteiger partial charge in [0.1, 0.15) is 16.5 Å². The summed E-state index contributed by atoms with van der Waals surface area (Å²) < 4.78 is 55.8. The van der Waals surface area contributed by atoms with Crippen LogP contribution in [0.3, 0.4) is 0 Å². The molecule has 0 aliphatic carbocycles. The SMILES string of the molecule is CC(NS(=O)(=O)c1cc(F)ccc1F)c1ccc(-n2ccnc2)cc1. The molecule has 1 heterocycles. The maximum atomic E-state index is 13.7. The Kier molecular flexibility index (Phi) is 4.65. The van der Waals surface area contributed by atoms with E-state index in [9.17, 15) is 17.2 Å². The van der Waals surface area contributed by atoms with Gasteiger partial charge in [0.05, 0.1) is 6.33 Å². The highest BCUT2D eigenvalue weighted by Crippen LogP contribution is 2.21. The largest absolute Gasteiger partial charge is 0.306 e. The molecular formula is C17H15F2N3O2S. The lowest BCUT2D eigenvalue weighted by Gasteiger charge is -2.15. The number of sulfonamides is 1. The number of nitrogens with zero attached hydrogens (tertiary/aromatic N) is 2. The van der Waals surface area contributed by atoms with Crippen LogP contribution in [0, 0.1) is 11.6 Å². The lowest BCUT2D eigenvalue weighted by atomic mass is 10.1. The van der Waals surface area contributed by atoms with E-state index in [-0.39, 0.29) is 0 Å². The Bertz CT molecular complexity index is 972. The minimum atomic E-state index is -4.19. The first-order chi connectivity index (χ1) is 11.9. The van der Waals surface area contributed by atoms with E-state index in [2.05, 4.69) is 9.71 Å². The van der Waals surface area contributed by atoms with Crippen molar-refractivity contribution in [3.8, 4) is 5.69 Å². The molecule has 0 aliphatic heterocycles. The van der Waals surface area contributed by atoms with Gasteiger partial charge in [-0.2, -0.15) is 0 Å². The zero-order valence-electron chi connectivity index (χ0n) is 13.2. The number of aromatic nitrogens is 2. The van der Waals surface area contributed by atoms with Crippen molar-refractivity contribution in [3.05, 3.63) is 78.4 Å². The number of nitrogens with one attached hydrogen (secondary N) is 1. The van der Waals surface area contributed by atoms with E-state index in [0.29, 0.717) is 11.6 Å². The second-order valence-electron chi connectivity index (χ2n) is 5.48. The van der Waals surface area contributed by atoms with E-state index < -0.39 is 32.6 Å². The van der Waals surface area contributed by atoms with Gasteiger partial charge in [-0.25, -0.2) is 26.9 Å². The molecule has 130 valence electrons. The number of benzene rings is 2. The molecule has 3 aromatic rings. The van der Waals surface area contributed by atoms with Crippen LogP contribution >= 0.6 is 0 Å². The van der Waals surface area contributed by atoms with Gasteiger partial charge in [0, 0.05) is 24.1 Å². The first-order valence-electron chi connectivity index (χ1n) is 7.42. The molecule has 0 amide bonds. The normalized spacial score (nSPS) is 12.9. The molecule has 0 radical (unpaired) electrons. The molecule has 5 nitrogen and oxygen atoms in total. The summed E-state index contributed by atoms with van der Waals surface area (Å²) in [5.74, 6) is -1.82. The van der Waals surface area contributed by atoms with Crippen LogP contribution in [-0.2, 0) is 10.0 Å². The Morgan fingerprint density at radius 3 is 2.48 bits per heavy atom. The number of hydrogen-bond acceptors (Lipinski definition) is 3. The molecule has 0 saturated carbocycles. The summed E-state index contributed by atoms with van der Waals surface area (Å²) in [7, 11) is -4.19. The highest BCUT2D eigenvalue weighted by Gasteiger charge is 2.22. The van der Waals surface area contributed by atoms with Gasteiger partial charge >= 0.3 is 0 Å². The Morgan fingerprint density at radius 2 is 1.84 bits per heavy atom. The summed E-state index contributed by atoms with van der Waals surface area (Å²) >= 11 is 0. The molecular weight excluding hydrogens is 348 g/mol. The van der Waals surface area contributed by atoms with Crippen molar-refractivity contribution in [1.82, 2.24) is 14.3 Å².